The largest absolute Gasteiger partial charge is 0.454 e. The SMILES string of the molecule is NC(=S)CS(=O)(=O)NCc1ccc2c(c1)OCO2. The highest BCUT2D eigenvalue weighted by atomic mass is 32.2. The van der Waals surface area contributed by atoms with E-state index in [2.05, 4.69) is 16.9 Å². The highest BCUT2D eigenvalue weighted by Gasteiger charge is 2.15. The molecule has 0 amide bonds. The summed E-state index contributed by atoms with van der Waals surface area (Å²) < 4.78 is 35.8. The Morgan fingerprint density at radius 3 is 2.83 bits per heavy atom. The van der Waals surface area contributed by atoms with Crippen LogP contribution in [-0.4, -0.2) is 26.0 Å². The molecule has 98 valence electrons. The second-order valence-corrected chi connectivity index (χ2v) is 6.07. The van der Waals surface area contributed by atoms with Crippen molar-refractivity contribution in [3.05, 3.63) is 23.8 Å². The Balaban J connectivity index is 2.00. The first-order valence-corrected chi connectivity index (χ1v) is 7.16. The van der Waals surface area contributed by atoms with Gasteiger partial charge in [-0.05, 0) is 17.7 Å². The van der Waals surface area contributed by atoms with Crippen molar-refractivity contribution in [2.45, 2.75) is 6.54 Å². The van der Waals surface area contributed by atoms with Gasteiger partial charge in [-0.25, -0.2) is 13.1 Å². The normalized spacial score (nSPS) is 13.6. The van der Waals surface area contributed by atoms with E-state index in [9.17, 15) is 8.42 Å². The van der Waals surface area contributed by atoms with Crippen LogP contribution in [0.25, 0.3) is 0 Å². The standard InChI is InChI=1S/C10H12N2O4S2/c11-10(17)5-18(13,14)12-4-7-1-2-8-9(3-7)16-6-15-8/h1-3,12H,4-6H2,(H2,11,17). The molecular weight excluding hydrogens is 276 g/mol. The van der Waals surface area contributed by atoms with E-state index in [0.717, 1.165) is 5.56 Å². The summed E-state index contributed by atoms with van der Waals surface area (Å²) in [5.74, 6) is 0.915. The van der Waals surface area contributed by atoms with Crippen molar-refractivity contribution < 1.29 is 17.9 Å². The fourth-order valence-corrected chi connectivity index (χ4v) is 2.81. The molecule has 1 aromatic rings. The van der Waals surface area contributed by atoms with Crippen LogP contribution >= 0.6 is 12.2 Å². The first-order chi connectivity index (χ1) is 8.46. The first kappa shape index (κ1) is 13.1. The third-order valence-corrected chi connectivity index (χ3v) is 3.87. The van der Waals surface area contributed by atoms with Crippen LogP contribution in [0.1, 0.15) is 5.56 Å². The van der Waals surface area contributed by atoms with Gasteiger partial charge in [-0.3, -0.25) is 0 Å². The molecule has 1 aliphatic rings. The monoisotopic (exact) mass is 288 g/mol. The number of rotatable bonds is 5. The molecule has 1 aromatic carbocycles. The number of benzene rings is 1. The summed E-state index contributed by atoms with van der Waals surface area (Å²) in [5.41, 5.74) is 5.97. The Morgan fingerprint density at radius 2 is 2.11 bits per heavy atom. The van der Waals surface area contributed by atoms with Gasteiger partial charge in [0, 0.05) is 6.54 Å². The van der Waals surface area contributed by atoms with Gasteiger partial charge in [0.2, 0.25) is 16.8 Å². The van der Waals surface area contributed by atoms with Crippen LogP contribution in [-0.2, 0) is 16.6 Å². The molecule has 18 heavy (non-hydrogen) atoms. The van der Waals surface area contributed by atoms with Crippen LogP contribution < -0.4 is 19.9 Å². The topological polar surface area (TPSA) is 90.7 Å². The van der Waals surface area contributed by atoms with E-state index in [4.69, 9.17) is 15.2 Å². The Labute approximate surface area is 110 Å². The van der Waals surface area contributed by atoms with E-state index in [1.165, 1.54) is 0 Å². The summed E-state index contributed by atoms with van der Waals surface area (Å²) in [4.78, 5) is -0.0619. The average Bonchev–Trinajstić information content (AvgIpc) is 2.71. The van der Waals surface area contributed by atoms with Crippen molar-refractivity contribution in [3.63, 3.8) is 0 Å². The van der Waals surface area contributed by atoms with Crippen LogP contribution in [0.15, 0.2) is 18.2 Å². The maximum absolute atomic E-state index is 11.5. The van der Waals surface area contributed by atoms with E-state index in [1.807, 2.05) is 0 Å². The van der Waals surface area contributed by atoms with Gasteiger partial charge in [-0.15, -0.1) is 0 Å². The average molecular weight is 288 g/mol. The Kier molecular flexibility index (Phi) is 3.69. The molecule has 2 rings (SSSR count). The lowest BCUT2D eigenvalue weighted by Crippen LogP contribution is -2.31. The summed E-state index contributed by atoms with van der Waals surface area (Å²) in [6.07, 6.45) is 0. The molecule has 1 aliphatic heterocycles. The molecule has 0 atom stereocenters. The maximum atomic E-state index is 11.5. The number of hydrogen-bond acceptors (Lipinski definition) is 5. The highest BCUT2D eigenvalue weighted by Crippen LogP contribution is 2.32. The van der Waals surface area contributed by atoms with Crippen molar-refractivity contribution in [1.82, 2.24) is 4.72 Å². The molecule has 0 aliphatic carbocycles. The maximum Gasteiger partial charge on any atom is 0.231 e. The molecule has 1 heterocycles. The summed E-state index contributed by atoms with van der Waals surface area (Å²) >= 11 is 4.56. The van der Waals surface area contributed by atoms with E-state index in [1.54, 1.807) is 18.2 Å². The van der Waals surface area contributed by atoms with Crippen molar-refractivity contribution in [3.8, 4) is 11.5 Å². The lowest BCUT2D eigenvalue weighted by molar-refractivity contribution is 0.174. The molecule has 3 N–H and O–H groups in total. The number of fused-ring (bicyclic) bond motifs is 1. The smallest absolute Gasteiger partial charge is 0.231 e. The van der Waals surface area contributed by atoms with Gasteiger partial charge in [-0.2, -0.15) is 0 Å². The molecule has 0 bridgehead atoms. The van der Waals surface area contributed by atoms with Crippen LogP contribution in [0, 0.1) is 0 Å². The van der Waals surface area contributed by atoms with Crippen LogP contribution in [0.2, 0.25) is 0 Å². The number of ether oxygens (including phenoxy) is 2. The minimum atomic E-state index is -3.48. The molecular formula is C10H12N2O4S2. The molecule has 6 nitrogen and oxygen atoms in total. The summed E-state index contributed by atoms with van der Waals surface area (Å²) in [7, 11) is -3.48. The van der Waals surface area contributed by atoms with Gasteiger partial charge in [0.1, 0.15) is 5.75 Å². The van der Waals surface area contributed by atoms with Gasteiger partial charge in [-0.1, -0.05) is 18.3 Å². The molecule has 0 unspecified atom stereocenters. The second-order valence-electron chi connectivity index (χ2n) is 3.73. The zero-order valence-electron chi connectivity index (χ0n) is 9.38. The van der Waals surface area contributed by atoms with E-state index < -0.39 is 10.0 Å². The molecule has 0 spiro atoms. The van der Waals surface area contributed by atoms with Gasteiger partial charge >= 0.3 is 0 Å². The van der Waals surface area contributed by atoms with Gasteiger partial charge < -0.3 is 15.2 Å². The molecule has 0 fully saturated rings. The van der Waals surface area contributed by atoms with Gasteiger partial charge in [0.15, 0.2) is 11.5 Å². The van der Waals surface area contributed by atoms with Gasteiger partial charge in [0.05, 0.1) is 4.99 Å². The molecule has 0 radical (unpaired) electrons. The molecule has 0 saturated carbocycles. The molecule has 0 saturated heterocycles. The third kappa shape index (κ3) is 3.31. The van der Waals surface area contributed by atoms with Crippen molar-refractivity contribution >= 4 is 27.2 Å². The van der Waals surface area contributed by atoms with E-state index in [0.29, 0.717) is 11.5 Å². The zero-order chi connectivity index (χ0) is 13.2. The van der Waals surface area contributed by atoms with Crippen LogP contribution in [0.5, 0.6) is 11.5 Å². The number of hydrogen-bond donors (Lipinski definition) is 2. The lowest BCUT2D eigenvalue weighted by Gasteiger charge is -2.06. The van der Waals surface area contributed by atoms with Gasteiger partial charge in [0.25, 0.3) is 0 Å². The number of nitrogens with two attached hydrogens (primary N) is 1. The fourth-order valence-electron chi connectivity index (χ4n) is 1.48. The number of nitrogens with one attached hydrogen (secondary N) is 1. The minimum absolute atomic E-state index is 0.0619. The number of sulfonamides is 1. The quantitative estimate of drug-likeness (QED) is 0.748. The van der Waals surface area contributed by atoms with E-state index >= 15 is 0 Å². The zero-order valence-corrected chi connectivity index (χ0v) is 11.0. The minimum Gasteiger partial charge on any atom is -0.454 e. The predicted octanol–water partition coefficient (Wildman–Crippen LogP) is 0.121. The fraction of sp³-hybridized carbons (Fsp3) is 0.300. The third-order valence-electron chi connectivity index (χ3n) is 2.27. The molecule has 8 heteroatoms. The highest BCUT2D eigenvalue weighted by molar-refractivity contribution is 7.92. The summed E-state index contributed by atoms with van der Waals surface area (Å²) in [5, 5.41) is 0. The summed E-state index contributed by atoms with van der Waals surface area (Å²) in [6, 6.07) is 5.22. The number of thiocarbonyl (C=S) groups is 1. The first-order valence-electron chi connectivity index (χ1n) is 5.10. The summed E-state index contributed by atoms with van der Waals surface area (Å²) in [6.45, 7) is 0.341. The van der Waals surface area contributed by atoms with Crippen molar-refractivity contribution in [2.75, 3.05) is 12.5 Å². The lowest BCUT2D eigenvalue weighted by atomic mass is 10.2. The van der Waals surface area contributed by atoms with Crippen LogP contribution in [0.4, 0.5) is 0 Å². The molecule has 0 aromatic heterocycles. The van der Waals surface area contributed by atoms with Crippen molar-refractivity contribution in [1.29, 1.82) is 0 Å². The van der Waals surface area contributed by atoms with Crippen LogP contribution in [0.3, 0.4) is 0 Å². The predicted molar refractivity (Wildman–Crippen MR) is 70.0 cm³/mol. The van der Waals surface area contributed by atoms with Crippen molar-refractivity contribution in [2.24, 2.45) is 5.73 Å². The second kappa shape index (κ2) is 5.09. The van der Waals surface area contributed by atoms with E-state index in [-0.39, 0.29) is 24.1 Å². The Hall–Kier alpha value is -1.38. The Morgan fingerprint density at radius 1 is 1.39 bits per heavy atom. The Bertz CT molecular complexity index is 571.